The number of ether oxygens (including phenoxy) is 2. The normalized spacial score (nSPS) is 10.5. The van der Waals surface area contributed by atoms with Gasteiger partial charge in [-0.15, -0.1) is 0 Å². The molecule has 0 saturated carbocycles. The van der Waals surface area contributed by atoms with Crippen LogP contribution < -0.4 is 14.8 Å². The number of pyridine rings is 1. The summed E-state index contributed by atoms with van der Waals surface area (Å²) < 4.78 is 12.3. The summed E-state index contributed by atoms with van der Waals surface area (Å²) in [5.41, 5.74) is 3.74. The molecule has 146 valence electrons. The van der Waals surface area contributed by atoms with Gasteiger partial charge in [0.25, 0.3) is 0 Å². The van der Waals surface area contributed by atoms with Crippen LogP contribution in [0.2, 0.25) is 0 Å². The van der Waals surface area contributed by atoms with Crippen molar-refractivity contribution in [2.24, 2.45) is 7.05 Å². The minimum absolute atomic E-state index is 0.0193. The third-order valence-electron chi connectivity index (χ3n) is 4.43. The number of amides is 1. The Labute approximate surface area is 164 Å². The fraction of sp³-hybridized carbons (Fsp3) is 0.286. The summed E-state index contributed by atoms with van der Waals surface area (Å²) in [5, 5.41) is 7.08. The van der Waals surface area contributed by atoms with Crippen molar-refractivity contribution in [1.29, 1.82) is 0 Å². The largest absolute Gasteiger partial charge is 0.497 e. The van der Waals surface area contributed by atoms with Crippen LogP contribution in [0.4, 0.5) is 0 Å². The molecule has 0 spiro atoms. The molecular formula is C21H24N4O3. The summed E-state index contributed by atoms with van der Waals surface area (Å²) >= 11 is 0. The first kappa shape index (κ1) is 19.4. The predicted molar refractivity (Wildman–Crippen MR) is 106 cm³/mol. The number of methoxy groups -OCH3 is 2. The van der Waals surface area contributed by atoms with Crippen molar-refractivity contribution in [2.75, 3.05) is 14.2 Å². The molecule has 3 rings (SSSR count). The number of hydrogen-bond donors (Lipinski definition) is 1. The smallest absolute Gasteiger partial charge is 0.220 e. The van der Waals surface area contributed by atoms with Gasteiger partial charge in [0.2, 0.25) is 5.91 Å². The number of benzene rings is 1. The molecule has 0 aliphatic heterocycles. The summed E-state index contributed by atoms with van der Waals surface area (Å²) in [4.78, 5) is 16.6. The van der Waals surface area contributed by atoms with Gasteiger partial charge in [-0.1, -0.05) is 12.1 Å². The zero-order valence-corrected chi connectivity index (χ0v) is 16.3. The molecule has 1 N–H and O–H groups in total. The number of rotatable bonds is 8. The minimum Gasteiger partial charge on any atom is -0.497 e. The Morgan fingerprint density at radius 1 is 1.14 bits per heavy atom. The SMILES string of the molecule is COc1ccc(CCC(=O)NCc2ccc(-c3cnn(C)c3)nc2)c(OC)c1. The monoisotopic (exact) mass is 380 g/mol. The molecule has 2 heterocycles. The number of nitrogens with zero attached hydrogens (tertiary/aromatic N) is 3. The molecule has 0 saturated heterocycles. The first-order valence-electron chi connectivity index (χ1n) is 9.00. The lowest BCUT2D eigenvalue weighted by atomic mass is 10.1. The van der Waals surface area contributed by atoms with E-state index in [0.717, 1.165) is 33.9 Å². The number of hydrogen-bond acceptors (Lipinski definition) is 5. The summed E-state index contributed by atoms with van der Waals surface area (Å²) in [6.07, 6.45) is 6.44. The number of carbonyl (C=O) groups excluding carboxylic acids is 1. The van der Waals surface area contributed by atoms with Gasteiger partial charge in [0.1, 0.15) is 11.5 Å². The van der Waals surface area contributed by atoms with Crippen molar-refractivity contribution in [1.82, 2.24) is 20.1 Å². The Morgan fingerprint density at radius 2 is 2.00 bits per heavy atom. The number of aryl methyl sites for hydroxylation is 2. The van der Waals surface area contributed by atoms with E-state index in [2.05, 4.69) is 15.4 Å². The maximum Gasteiger partial charge on any atom is 0.220 e. The maximum absolute atomic E-state index is 12.2. The Kier molecular flexibility index (Phi) is 6.26. The molecule has 0 bridgehead atoms. The number of nitrogens with one attached hydrogen (secondary N) is 1. The van der Waals surface area contributed by atoms with Gasteiger partial charge in [0, 0.05) is 44.0 Å². The highest BCUT2D eigenvalue weighted by Gasteiger charge is 2.09. The van der Waals surface area contributed by atoms with Gasteiger partial charge in [-0.25, -0.2) is 0 Å². The van der Waals surface area contributed by atoms with Crippen LogP contribution in [0.15, 0.2) is 48.9 Å². The van der Waals surface area contributed by atoms with Gasteiger partial charge in [0.05, 0.1) is 26.1 Å². The topological polar surface area (TPSA) is 78.3 Å². The van der Waals surface area contributed by atoms with E-state index < -0.39 is 0 Å². The van der Waals surface area contributed by atoms with E-state index in [4.69, 9.17) is 9.47 Å². The molecule has 0 aliphatic carbocycles. The molecule has 7 heteroatoms. The van der Waals surface area contributed by atoms with Gasteiger partial charge in [-0.3, -0.25) is 14.5 Å². The molecule has 0 radical (unpaired) electrons. The van der Waals surface area contributed by atoms with Crippen LogP contribution in [0.1, 0.15) is 17.5 Å². The molecule has 1 amide bonds. The van der Waals surface area contributed by atoms with Crippen molar-refractivity contribution in [2.45, 2.75) is 19.4 Å². The van der Waals surface area contributed by atoms with Crippen molar-refractivity contribution in [3.8, 4) is 22.8 Å². The average Bonchev–Trinajstić information content (AvgIpc) is 3.17. The average molecular weight is 380 g/mol. The maximum atomic E-state index is 12.2. The summed E-state index contributed by atoms with van der Waals surface area (Å²) in [7, 11) is 5.09. The number of aromatic nitrogens is 3. The Hall–Kier alpha value is -3.35. The standard InChI is InChI=1S/C21H24N4O3/c1-25-14-17(13-24-25)19-8-4-15(11-22-19)12-23-21(26)9-6-16-5-7-18(27-2)10-20(16)28-3/h4-5,7-8,10-11,13-14H,6,9,12H2,1-3H3,(H,23,26). The van der Waals surface area contributed by atoms with Crippen LogP contribution in [0.3, 0.4) is 0 Å². The zero-order valence-electron chi connectivity index (χ0n) is 16.3. The van der Waals surface area contributed by atoms with Gasteiger partial charge < -0.3 is 14.8 Å². The third-order valence-corrected chi connectivity index (χ3v) is 4.43. The van der Waals surface area contributed by atoms with E-state index in [0.29, 0.717) is 19.4 Å². The molecule has 2 aromatic heterocycles. The van der Waals surface area contributed by atoms with Crippen LogP contribution >= 0.6 is 0 Å². The summed E-state index contributed by atoms with van der Waals surface area (Å²) in [6, 6.07) is 9.50. The third kappa shape index (κ3) is 4.88. The fourth-order valence-electron chi connectivity index (χ4n) is 2.85. The first-order valence-corrected chi connectivity index (χ1v) is 9.00. The number of carbonyl (C=O) groups is 1. The van der Waals surface area contributed by atoms with Gasteiger partial charge in [-0.05, 0) is 29.7 Å². The molecule has 0 atom stereocenters. The minimum atomic E-state index is -0.0193. The van der Waals surface area contributed by atoms with Gasteiger partial charge >= 0.3 is 0 Å². The molecule has 3 aromatic rings. The van der Waals surface area contributed by atoms with Crippen molar-refractivity contribution < 1.29 is 14.3 Å². The second-order valence-electron chi connectivity index (χ2n) is 6.41. The molecular weight excluding hydrogens is 356 g/mol. The lowest BCUT2D eigenvalue weighted by molar-refractivity contribution is -0.121. The molecule has 1 aromatic carbocycles. The second kappa shape index (κ2) is 9.03. The Bertz CT molecular complexity index is 935. The predicted octanol–water partition coefficient (Wildman–Crippen LogP) is 2.75. The Balaban J connectivity index is 1.50. The van der Waals surface area contributed by atoms with E-state index in [9.17, 15) is 4.79 Å². The Morgan fingerprint density at radius 3 is 2.64 bits per heavy atom. The van der Waals surface area contributed by atoms with Crippen molar-refractivity contribution in [3.05, 3.63) is 60.0 Å². The highest BCUT2D eigenvalue weighted by Crippen LogP contribution is 2.25. The molecule has 7 nitrogen and oxygen atoms in total. The van der Waals surface area contributed by atoms with Crippen LogP contribution in [0.5, 0.6) is 11.5 Å². The van der Waals surface area contributed by atoms with E-state index in [-0.39, 0.29) is 5.91 Å². The van der Waals surface area contributed by atoms with Crippen LogP contribution in [0, 0.1) is 0 Å². The lowest BCUT2D eigenvalue weighted by Gasteiger charge is -2.10. The van der Waals surface area contributed by atoms with Crippen molar-refractivity contribution in [3.63, 3.8) is 0 Å². The van der Waals surface area contributed by atoms with Crippen LogP contribution in [-0.4, -0.2) is 34.9 Å². The molecule has 28 heavy (non-hydrogen) atoms. The molecule has 0 aliphatic rings. The zero-order chi connectivity index (χ0) is 19.9. The van der Waals surface area contributed by atoms with E-state index in [1.807, 2.05) is 43.6 Å². The van der Waals surface area contributed by atoms with Gasteiger partial charge in [-0.2, -0.15) is 5.10 Å². The van der Waals surface area contributed by atoms with E-state index >= 15 is 0 Å². The van der Waals surface area contributed by atoms with Crippen LogP contribution in [-0.2, 0) is 24.8 Å². The lowest BCUT2D eigenvalue weighted by Crippen LogP contribution is -2.23. The molecule has 0 fully saturated rings. The van der Waals surface area contributed by atoms with Gasteiger partial charge in [0.15, 0.2) is 0 Å². The molecule has 0 unspecified atom stereocenters. The van der Waals surface area contributed by atoms with Crippen LogP contribution in [0.25, 0.3) is 11.3 Å². The highest BCUT2D eigenvalue weighted by molar-refractivity contribution is 5.76. The van der Waals surface area contributed by atoms with Crippen molar-refractivity contribution >= 4 is 5.91 Å². The summed E-state index contributed by atoms with van der Waals surface area (Å²) in [5.74, 6) is 1.43. The quantitative estimate of drug-likeness (QED) is 0.650. The highest BCUT2D eigenvalue weighted by atomic mass is 16.5. The first-order chi connectivity index (χ1) is 13.6. The fourth-order valence-corrected chi connectivity index (χ4v) is 2.85. The second-order valence-corrected chi connectivity index (χ2v) is 6.41. The summed E-state index contributed by atoms with van der Waals surface area (Å²) in [6.45, 7) is 0.443. The van der Waals surface area contributed by atoms with E-state index in [1.165, 1.54) is 0 Å². The van der Waals surface area contributed by atoms with E-state index in [1.54, 1.807) is 31.3 Å².